The maximum absolute atomic E-state index is 8.80. The van der Waals surface area contributed by atoms with Crippen LogP contribution in [0.5, 0.6) is 0 Å². The van der Waals surface area contributed by atoms with Gasteiger partial charge >= 0.3 is 0 Å². The molecule has 2 heteroatoms. The minimum Gasteiger partial charge on any atom is -0.308 e. The van der Waals surface area contributed by atoms with Gasteiger partial charge < -0.3 is 5.32 Å². The van der Waals surface area contributed by atoms with Crippen molar-refractivity contribution in [2.45, 2.75) is 44.7 Å². The van der Waals surface area contributed by atoms with Crippen LogP contribution in [0.15, 0.2) is 12.7 Å². The van der Waals surface area contributed by atoms with Crippen molar-refractivity contribution in [2.75, 3.05) is 0 Å². The highest BCUT2D eigenvalue weighted by Gasteiger charge is 2.21. The van der Waals surface area contributed by atoms with E-state index in [1.165, 1.54) is 12.8 Å². The number of hydrogen-bond acceptors (Lipinski definition) is 2. The minimum absolute atomic E-state index is 0.267. The van der Waals surface area contributed by atoms with Crippen LogP contribution in [0.2, 0.25) is 0 Å². The second kappa shape index (κ2) is 5.04. The molecule has 72 valence electrons. The van der Waals surface area contributed by atoms with Crippen molar-refractivity contribution < 1.29 is 0 Å². The van der Waals surface area contributed by atoms with E-state index in [9.17, 15) is 0 Å². The monoisotopic (exact) mass is 178 g/mol. The zero-order valence-electron chi connectivity index (χ0n) is 8.29. The van der Waals surface area contributed by atoms with Crippen LogP contribution >= 0.6 is 0 Å². The molecular weight excluding hydrogens is 160 g/mol. The van der Waals surface area contributed by atoms with Crippen LogP contribution in [-0.2, 0) is 0 Å². The van der Waals surface area contributed by atoms with Crippen LogP contribution in [-0.4, -0.2) is 12.1 Å². The van der Waals surface area contributed by atoms with E-state index in [0.717, 1.165) is 12.8 Å². The van der Waals surface area contributed by atoms with Crippen molar-refractivity contribution >= 4 is 0 Å². The molecule has 0 aromatic carbocycles. The molecule has 0 amide bonds. The van der Waals surface area contributed by atoms with Crippen LogP contribution < -0.4 is 5.32 Å². The highest BCUT2D eigenvalue weighted by molar-refractivity contribution is 4.92. The third kappa shape index (κ3) is 3.20. The lowest BCUT2D eigenvalue weighted by Gasteiger charge is -2.27. The van der Waals surface area contributed by atoms with Crippen LogP contribution in [0.25, 0.3) is 0 Å². The average molecular weight is 178 g/mol. The first-order valence-corrected chi connectivity index (χ1v) is 5.04. The highest BCUT2D eigenvalue weighted by atomic mass is 14.9. The lowest BCUT2D eigenvalue weighted by atomic mass is 9.86. The van der Waals surface area contributed by atoms with Crippen molar-refractivity contribution in [3.63, 3.8) is 0 Å². The van der Waals surface area contributed by atoms with Gasteiger partial charge in [-0.15, -0.1) is 6.58 Å². The molecule has 3 unspecified atom stereocenters. The van der Waals surface area contributed by atoms with E-state index in [2.05, 4.69) is 24.9 Å². The van der Waals surface area contributed by atoms with Gasteiger partial charge in [0.05, 0.1) is 6.07 Å². The largest absolute Gasteiger partial charge is 0.308 e. The standard InChI is InChI=1S/C11H18N2/c1-3-9(2)13-11-6-4-5-10(7-11)8-12/h3,9-11,13H,1,4-7H2,2H3. The predicted octanol–water partition coefficient (Wildman–Crippen LogP) is 2.23. The lowest BCUT2D eigenvalue weighted by molar-refractivity contribution is 0.319. The van der Waals surface area contributed by atoms with Crippen LogP contribution in [0.4, 0.5) is 0 Å². The summed E-state index contributed by atoms with van der Waals surface area (Å²) in [4.78, 5) is 0. The van der Waals surface area contributed by atoms with Gasteiger partial charge in [-0.05, 0) is 26.2 Å². The summed E-state index contributed by atoms with van der Waals surface area (Å²) in [6, 6.07) is 3.24. The molecule has 1 aliphatic carbocycles. The summed E-state index contributed by atoms with van der Waals surface area (Å²) in [5.74, 6) is 0.267. The Labute approximate surface area is 80.6 Å². The molecular formula is C11H18N2. The van der Waals surface area contributed by atoms with Crippen molar-refractivity contribution in [2.24, 2.45) is 5.92 Å². The molecule has 0 aromatic rings. The van der Waals surface area contributed by atoms with Crippen molar-refractivity contribution in [1.29, 1.82) is 5.26 Å². The van der Waals surface area contributed by atoms with Gasteiger partial charge in [-0.1, -0.05) is 12.5 Å². The molecule has 0 heterocycles. The molecule has 1 N–H and O–H groups in total. The highest BCUT2D eigenvalue weighted by Crippen LogP contribution is 2.23. The normalized spacial score (nSPS) is 30.5. The van der Waals surface area contributed by atoms with E-state index in [1.54, 1.807) is 0 Å². The summed E-state index contributed by atoms with van der Waals surface area (Å²) in [6.07, 6.45) is 6.39. The predicted molar refractivity (Wildman–Crippen MR) is 54.2 cm³/mol. The van der Waals surface area contributed by atoms with Crippen LogP contribution in [0, 0.1) is 17.2 Å². The van der Waals surface area contributed by atoms with E-state index >= 15 is 0 Å². The van der Waals surface area contributed by atoms with Crippen molar-refractivity contribution in [3.05, 3.63) is 12.7 Å². The Hall–Kier alpha value is -0.810. The van der Waals surface area contributed by atoms with E-state index in [1.807, 2.05) is 6.08 Å². The molecule has 0 saturated heterocycles. The number of nitrogens with zero attached hydrogens (tertiary/aromatic N) is 1. The van der Waals surface area contributed by atoms with Gasteiger partial charge in [0.15, 0.2) is 0 Å². The number of rotatable bonds is 3. The van der Waals surface area contributed by atoms with Gasteiger partial charge in [0.25, 0.3) is 0 Å². The number of hydrogen-bond donors (Lipinski definition) is 1. The second-order valence-corrected chi connectivity index (χ2v) is 3.88. The summed E-state index contributed by atoms with van der Waals surface area (Å²) in [7, 11) is 0. The van der Waals surface area contributed by atoms with E-state index in [-0.39, 0.29) is 5.92 Å². The number of nitrogens with one attached hydrogen (secondary N) is 1. The molecule has 0 spiro atoms. The summed E-state index contributed by atoms with van der Waals surface area (Å²) in [5.41, 5.74) is 0. The Morgan fingerprint density at radius 2 is 2.38 bits per heavy atom. The van der Waals surface area contributed by atoms with Crippen LogP contribution in [0.3, 0.4) is 0 Å². The smallest absolute Gasteiger partial charge is 0.0656 e. The summed E-state index contributed by atoms with van der Waals surface area (Å²) < 4.78 is 0. The summed E-state index contributed by atoms with van der Waals surface area (Å²) >= 11 is 0. The van der Waals surface area contributed by atoms with Gasteiger partial charge in [0, 0.05) is 18.0 Å². The molecule has 1 aliphatic rings. The zero-order valence-corrected chi connectivity index (χ0v) is 8.29. The quantitative estimate of drug-likeness (QED) is 0.673. The molecule has 1 fully saturated rings. The molecule has 3 atom stereocenters. The topological polar surface area (TPSA) is 35.8 Å². The minimum atomic E-state index is 0.267. The summed E-state index contributed by atoms with van der Waals surface area (Å²) in [5, 5.41) is 12.3. The van der Waals surface area contributed by atoms with E-state index in [0.29, 0.717) is 12.1 Å². The van der Waals surface area contributed by atoms with Crippen LogP contribution in [0.1, 0.15) is 32.6 Å². The van der Waals surface area contributed by atoms with Gasteiger partial charge in [0.2, 0.25) is 0 Å². The molecule has 1 saturated carbocycles. The fraction of sp³-hybridized carbons (Fsp3) is 0.727. The maximum Gasteiger partial charge on any atom is 0.0656 e. The molecule has 0 bridgehead atoms. The number of nitriles is 1. The molecule has 0 aliphatic heterocycles. The van der Waals surface area contributed by atoms with Crippen molar-refractivity contribution in [3.8, 4) is 6.07 Å². The van der Waals surface area contributed by atoms with Crippen molar-refractivity contribution in [1.82, 2.24) is 5.32 Å². The Morgan fingerprint density at radius 3 is 3.00 bits per heavy atom. The Balaban J connectivity index is 2.34. The fourth-order valence-electron chi connectivity index (χ4n) is 1.90. The third-order valence-electron chi connectivity index (χ3n) is 2.71. The first-order valence-electron chi connectivity index (χ1n) is 5.04. The Kier molecular flexibility index (Phi) is 3.98. The van der Waals surface area contributed by atoms with E-state index < -0.39 is 0 Å². The average Bonchev–Trinajstić information content (AvgIpc) is 2.18. The molecule has 0 radical (unpaired) electrons. The Bertz CT molecular complexity index is 205. The van der Waals surface area contributed by atoms with Gasteiger partial charge in [-0.25, -0.2) is 0 Å². The first kappa shape index (κ1) is 10.3. The second-order valence-electron chi connectivity index (χ2n) is 3.88. The fourth-order valence-corrected chi connectivity index (χ4v) is 1.90. The zero-order chi connectivity index (χ0) is 9.68. The Morgan fingerprint density at radius 1 is 1.62 bits per heavy atom. The first-order chi connectivity index (χ1) is 6.26. The molecule has 2 nitrogen and oxygen atoms in total. The molecule has 0 aromatic heterocycles. The third-order valence-corrected chi connectivity index (χ3v) is 2.71. The van der Waals surface area contributed by atoms with Gasteiger partial charge in [-0.2, -0.15) is 5.26 Å². The maximum atomic E-state index is 8.80. The SMILES string of the molecule is C=CC(C)NC1CCCC(C#N)C1. The lowest BCUT2D eigenvalue weighted by Crippen LogP contribution is -2.38. The molecule has 1 rings (SSSR count). The molecule has 13 heavy (non-hydrogen) atoms. The van der Waals surface area contributed by atoms with Gasteiger partial charge in [0.1, 0.15) is 0 Å². The van der Waals surface area contributed by atoms with Gasteiger partial charge in [-0.3, -0.25) is 0 Å². The summed E-state index contributed by atoms with van der Waals surface area (Å²) in [6.45, 7) is 5.84. The van der Waals surface area contributed by atoms with E-state index in [4.69, 9.17) is 5.26 Å².